The van der Waals surface area contributed by atoms with E-state index in [1.807, 2.05) is 39.0 Å². The molecule has 0 aliphatic carbocycles. The number of alkyl halides is 3. The van der Waals surface area contributed by atoms with Crippen molar-refractivity contribution in [3.05, 3.63) is 65.0 Å². The van der Waals surface area contributed by atoms with Crippen molar-refractivity contribution >= 4 is 23.4 Å². The molecule has 0 aliphatic heterocycles. The molecule has 0 saturated heterocycles. The first-order chi connectivity index (χ1) is 15.2. The molecule has 0 fully saturated rings. The van der Waals surface area contributed by atoms with Crippen molar-refractivity contribution in [3.63, 3.8) is 0 Å². The van der Waals surface area contributed by atoms with Crippen LogP contribution in [0.15, 0.2) is 47.6 Å². The van der Waals surface area contributed by atoms with Crippen LogP contribution in [0.4, 0.5) is 18.9 Å². The Morgan fingerprint density at radius 1 is 1.16 bits per heavy atom. The number of rotatable bonds is 8. The number of aromatic nitrogens is 3. The highest BCUT2D eigenvalue weighted by atomic mass is 32.2. The van der Waals surface area contributed by atoms with Gasteiger partial charge in [0.1, 0.15) is 12.4 Å². The topological polar surface area (TPSA) is 69.0 Å². The van der Waals surface area contributed by atoms with Gasteiger partial charge in [0.25, 0.3) is 0 Å². The fourth-order valence-corrected chi connectivity index (χ4v) is 3.78. The predicted octanol–water partition coefficient (Wildman–Crippen LogP) is 5.24. The Bertz CT molecular complexity index is 1100. The monoisotopic (exact) mass is 464 g/mol. The van der Waals surface area contributed by atoms with Crippen LogP contribution in [0.2, 0.25) is 0 Å². The first kappa shape index (κ1) is 23.6. The molecular formula is C22H23F3N4O2S. The summed E-state index contributed by atoms with van der Waals surface area (Å²) in [6.07, 6.45) is -4.44. The molecule has 1 amide bonds. The van der Waals surface area contributed by atoms with Crippen LogP contribution in [0.3, 0.4) is 0 Å². The first-order valence-electron chi connectivity index (χ1n) is 9.90. The molecule has 170 valence electrons. The van der Waals surface area contributed by atoms with Gasteiger partial charge in [0.15, 0.2) is 11.0 Å². The summed E-state index contributed by atoms with van der Waals surface area (Å²) in [5, 5.41) is 11.6. The molecule has 10 heteroatoms. The predicted molar refractivity (Wildman–Crippen MR) is 117 cm³/mol. The Morgan fingerprint density at radius 2 is 1.91 bits per heavy atom. The molecule has 6 nitrogen and oxygen atoms in total. The Hall–Kier alpha value is -3.01. The molecule has 0 atom stereocenters. The standard InChI is InChI=1S/C22H23F3N4O2S/c1-4-29-19(12-31-17-9-6-8-16(11-17)22(23,24)25)27-28-21(29)32-13-20(30)26-18-10-5-7-14(2)15(18)3/h5-11H,4,12-13H2,1-3H3,(H,26,30). The van der Waals surface area contributed by atoms with Crippen molar-refractivity contribution in [1.82, 2.24) is 14.8 Å². The van der Waals surface area contributed by atoms with Crippen LogP contribution in [-0.4, -0.2) is 26.4 Å². The van der Waals surface area contributed by atoms with E-state index in [0.717, 1.165) is 28.9 Å². The van der Waals surface area contributed by atoms with Gasteiger partial charge in [-0.1, -0.05) is 30.0 Å². The van der Waals surface area contributed by atoms with E-state index in [1.54, 1.807) is 4.57 Å². The third-order valence-corrected chi connectivity index (χ3v) is 5.82. The van der Waals surface area contributed by atoms with Gasteiger partial charge in [0.2, 0.25) is 5.91 Å². The van der Waals surface area contributed by atoms with Crippen LogP contribution in [-0.2, 0) is 24.1 Å². The minimum atomic E-state index is -4.44. The number of ether oxygens (including phenoxy) is 1. The number of amides is 1. The maximum atomic E-state index is 12.9. The quantitative estimate of drug-likeness (QED) is 0.462. The van der Waals surface area contributed by atoms with Crippen molar-refractivity contribution in [2.45, 2.75) is 45.3 Å². The number of thioether (sulfide) groups is 1. The zero-order chi connectivity index (χ0) is 23.3. The second-order valence-electron chi connectivity index (χ2n) is 7.04. The Labute approximate surface area is 188 Å². The highest BCUT2D eigenvalue weighted by Crippen LogP contribution is 2.31. The second kappa shape index (κ2) is 10.1. The molecule has 0 bridgehead atoms. The summed E-state index contributed by atoms with van der Waals surface area (Å²) in [7, 11) is 0. The average Bonchev–Trinajstić information content (AvgIpc) is 3.15. The number of nitrogens with one attached hydrogen (secondary N) is 1. The van der Waals surface area contributed by atoms with Gasteiger partial charge in [-0.15, -0.1) is 10.2 Å². The zero-order valence-electron chi connectivity index (χ0n) is 17.9. The summed E-state index contributed by atoms with van der Waals surface area (Å²) in [6.45, 7) is 6.29. The number of benzene rings is 2. The maximum Gasteiger partial charge on any atom is 0.416 e. The van der Waals surface area contributed by atoms with Crippen molar-refractivity contribution < 1.29 is 22.7 Å². The van der Waals surface area contributed by atoms with E-state index < -0.39 is 11.7 Å². The molecule has 1 N–H and O–H groups in total. The van der Waals surface area contributed by atoms with E-state index in [2.05, 4.69) is 15.5 Å². The van der Waals surface area contributed by atoms with Gasteiger partial charge in [-0.3, -0.25) is 4.79 Å². The summed E-state index contributed by atoms with van der Waals surface area (Å²) >= 11 is 1.23. The van der Waals surface area contributed by atoms with Gasteiger partial charge in [-0.05, 0) is 56.2 Å². The molecule has 0 aliphatic rings. The number of hydrogen-bond donors (Lipinski definition) is 1. The normalized spacial score (nSPS) is 11.4. The van der Waals surface area contributed by atoms with E-state index in [1.165, 1.54) is 23.9 Å². The van der Waals surface area contributed by atoms with Crippen LogP contribution < -0.4 is 10.1 Å². The van der Waals surface area contributed by atoms with E-state index >= 15 is 0 Å². The van der Waals surface area contributed by atoms with Gasteiger partial charge in [0, 0.05) is 12.2 Å². The number of aryl methyl sites for hydroxylation is 1. The van der Waals surface area contributed by atoms with E-state index in [9.17, 15) is 18.0 Å². The third kappa shape index (κ3) is 5.82. The van der Waals surface area contributed by atoms with Crippen molar-refractivity contribution in [2.24, 2.45) is 0 Å². The minimum absolute atomic E-state index is 0.0443. The van der Waals surface area contributed by atoms with Crippen molar-refractivity contribution in [1.29, 1.82) is 0 Å². The van der Waals surface area contributed by atoms with Gasteiger partial charge >= 0.3 is 6.18 Å². The summed E-state index contributed by atoms with van der Waals surface area (Å²) in [5.41, 5.74) is 2.09. The highest BCUT2D eigenvalue weighted by Gasteiger charge is 2.30. The zero-order valence-corrected chi connectivity index (χ0v) is 18.7. The smallest absolute Gasteiger partial charge is 0.416 e. The number of hydrogen-bond acceptors (Lipinski definition) is 5. The fraction of sp³-hybridized carbons (Fsp3) is 0.318. The van der Waals surface area contributed by atoms with Gasteiger partial charge < -0.3 is 14.6 Å². The van der Waals surface area contributed by atoms with E-state index in [-0.39, 0.29) is 24.0 Å². The summed E-state index contributed by atoms with van der Waals surface area (Å²) in [6, 6.07) is 10.4. The van der Waals surface area contributed by atoms with Crippen LogP contribution in [0.25, 0.3) is 0 Å². The largest absolute Gasteiger partial charge is 0.486 e. The Balaban J connectivity index is 1.61. The lowest BCUT2D eigenvalue weighted by atomic mass is 10.1. The average molecular weight is 465 g/mol. The number of carbonyl (C=O) groups is 1. The van der Waals surface area contributed by atoms with E-state index in [0.29, 0.717) is 17.5 Å². The highest BCUT2D eigenvalue weighted by molar-refractivity contribution is 7.99. The molecule has 3 aromatic rings. The van der Waals surface area contributed by atoms with Gasteiger partial charge in [0.05, 0.1) is 11.3 Å². The molecule has 0 radical (unpaired) electrons. The molecule has 3 rings (SSSR count). The molecule has 2 aromatic carbocycles. The van der Waals surface area contributed by atoms with Crippen LogP contribution in [0.5, 0.6) is 5.75 Å². The SMILES string of the molecule is CCn1c(COc2cccc(C(F)(F)F)c2)nnc1SCC(=O)Nc1cccc(C)c1C. The van der Waals surface area contributed by atoms with E-state index in [4.69, 9.17) is 4.74 Å². The molecule has 32 heavy (non-hydrogen) atoms. The Kier molecular flexibility index (Phi) is 7.44. The number of anilines is 1. The lowest BCUT2D eigenvalue weighted by Crippen LogP contribution is -2.16. The lowest BCUT2D eigenvalue weighted by Gasteiger charge is -2.11. The molecule has 1 aromatic heterocycles. The van der Waals surface area contributed by atoms with Gasteiger partial charge in [-0.2, -0.15) is 13.2 Å². The summed E-state index contributed by atoms with van der Waals surface area (Å²) in [5.74, 6) is 0.519. The number of carbonyl (C=O) groups excluding carboxylic acids is 1. The van der Waals surface area contributed by atoms with Gasteiger partial charge in [-0.25, -0.2) is 0 Å². The summed E-state index contributed by atoms with van der Waals surface area (Å²) in [4.78, 5) is 12.4. The van der Waals surface area contributed by atoms with Crippen molar-refractivity contribution in [3.8, 4) is 5.75 Å². The van der Waals surface area contributed by atoms with Crippen LogP contribution >= 0.6 is 11.8 Å². The van der Waals surface area contributed by atoms with Crippen molar-refractivity contribution in [2.75, 3.05) is 11.1 Å². The third-order valence-electron chi connectivity index (χ3n) is 4.85. The molecule has 0 saturated carbocycles. The second-order valence-corrected chi connectivity index (χ2v) is 7.98. The minimum Gasteiger partial charge on any atom is -0.486 e. The first-order valence-corrected chi connectivity index (χ1v) is 10.9. The fourth-order valence-electron chi connectivity index (χ4n) is 2.96. The lowest BCUT2D eigenvalue weighted by molar-refractivity contribution is -0.137. The molecule has 0 unspecified atom stereocenters. The molecule has 1 heterocycles. The molecule has 0 spiro atoms. The Morgan fingerprint density at radius 3 is 2.62 bits per heavy atom. The van der Waals surface area contributed by atoms with Crippen LogP contribution in [0, 0.1) is 13.8 Å². The number of halogens is 3. The number of nitrogens with zero attached hydrogens (tertiary/aromatic N) is 3. The molecular weight excluding hydrogens is 441 g/mol. The maximum absolute atomic E-state index is 12.9. The summed E-state index contributed by atoms with van der Waals surface area (Å²) < 4.78 is 45.9. The van der Waals surface area contributed by atoms with Crippen LogP contribution in [0.1, 0.15) is 29.4 Å².